The number of fused-ring (bicyclic) bond motifs is 1. The highest BCUT2D eigenvalue weighted by Gasteiger charge is 2.38. The van der Waals surface area contributed by atoms with Crippen molar-refractivity contribution < 1.29 is 9.53 Å². The summed E-state index contributed by atoms with van der Waals surface area (Å²) in [6, 6.07) is 25.2. The van der Waals surface area contributed by atoms with Crippen LogP contribution < -0.4 is 15.5 Å². The summed E-state index contributed by atoms with van der Waals surface area (Å²) in [5, 5.41) is 11.9. The third kappa shape index (κ3) is 4.17. The Bertz CT molecular complexity index is 1270. The lowest BCUT2D eigenvalue weighted by atomic mass is 10.0. The molecule has 1 aliphatic heterocycles. The number of amides is 1. The van der Waals surface area contributed by atoms with Gasteiger partial charge < -0.3 is 15.5 Å². The van der Waals surface area contributed by atoms with E-state index in [9.17, 15) is 4.79 Å². The molecule has 0 fully saturated rings. The fraction of sp³-hybridized carbons (Fsp3) is 0.160. The largest absolute Gasteiger partial charge is 0.495 e. The monoisotopic (exact) mass is 457 g/mol. The quantitative estimate of drug-likeness (QED) is 0.454. The zero-order valence-corrected chi connectivity index (χ0v) is 19.0. The van der Waals surface area contributed by atoms with E-state index in [1.807, 2.05) is 66.2 Å². The van der Waals surface area contributed by atoms with Crippen molar-refractivity contribution in [3.63, 3.8) is 0 Å². The summed E-state index contributed by atoms with van der Waals surface area (Å²) < 4.78 is 7.28. The van der Waals surface area contributed by atoms with Crippen molar-refractivity contribution in [3.05, 3.63) is 90.0 Å². The molecule has 0 aliphatic carbocycles. The average Bonchev–Trinajstić information content (AvgIpc) is 3.27. The summed E-state index contributed by atoms with van der Waals surface area (Å²) >= 11 is 1.39. The summed E-state index contributed by atoms with van der Waals surface area (Å²) in [5.74, 6) is 1.18. The van der Waals surface area contributed by atoms with Crippen LogP contribution in [0.2, 0.25) is 0 Å². The number of benzene rings is 3. The molecule has 0 saturated carbocycles. The predicted molar refractivity (Wildman–Crippen MR) is 130 cm³/mol. The van der Waals surface area contributed by atoms with Gasteiger partial charge in [-0.2, -0.15) is 0 Å². The van der Waals surface area contributed by atoms with Crippen molar-refractivity contribution in [2.24, 2.45) is 0 Å². The van der Waals surface area contributed by atoms with Crippen molar-refractivity contribution in [2.45, 2.75) is 23.4 Å². The Morgan fingerprint density at radius 2 is 1.73 bits per heavy atom. The van der Waals surface area contributed by atoms with Gasteiger partial charge in [-0.15, -0.1) is 10.2 Å². The van der Waals surface area contributed by atoms with E-state index in [1.165, 1.54) is 11.8 Å². The number of nitrogens with one attached hydrogen (secondary N) is 2. The Labute approximate surface area is 196 Å². The molecular weight excluding hydrogens is 434 g/mol. The normalized spacial score (nSPS) is 17.0. The molecule has 2 heterocycles. The van der Waals surface area contributed by atoms with Crippen LogP contribution in [0.15, 0.2) is 84.0 Å². The second kappa shape index (κ2) is 8.99. The van der Waals surface area contributed by atoms with Gasteiger partial charge in [0.15, 0.2) is 5.82 Å². The van der Waals surface area contributed by atoms with Crippen LogP contribution in [0.1, 0.15) is 17.2 Å². The number of anilines is 1. The topological polar surface area (TPSA) is 81.1 Å². The summed E-state index contributed by atoms with van der Waals surface area (Å²) in [7, 11) is 1.59. The molecule has 5 rings (SSSR count). The Hall–Kier alpha value is -3.78. The summed E-state index contributed by atoms with van der Waals surface area (Å²) in [6.07, 6.45) is 0. The van der Waals surface area contributed by atoms with Gasteiger partial charge >= 0.3 is 0 Å². The highest BCUT2D eigenvalue weighted by Crippen LogP contribution is 2.39. The second-order valence-electron chi connectivity index (χ2n) is 7.75. The number of carbonyl (C=O) groups is 1. The first-order valence-corrected chi connectivity index (χ1v) is 11.5. The van der Waals surface area contributed by atoms with Crippen molar-refractivity contribution in [2.75, 3.05) is 17.9 Å². The number of hydrogen-bond donors (Lipinski definition) is 2. The number of methoxy groups -OCH3 is 1. The second-order valence-corrected chi connectivity index (χ2v) is 8.86. The molecule has 7 nitrogen and oxygen atoms in total. The summed E-state index contributed by atoms with van der Waals surface area (Å²) in [5.41, 5.74) is 7.25. The molecule has 2 N–H and O–H groups in total. The molecule has 0 bridgehead atoms. The van der Waals surface area contributed by atoms with Gasteiger partial charge in [-0.05, 0) is 24.6 Å². The number of ether oxygens (including phenoxy) is 1. The number of hydrogen-bond acceptors (Lipinski definition) is 6. The zero-order valence-electron chi connectivity index (χ0n) is 18.2. The van der Waals surface area contributed by atoms with E-state index in [4.69, 9.17) is 4.74 Å². The molecule has 0 radical (unpaired) electrons. The number of aryl methyl sites for hydroxylation is 1. The molecule has 8 heteroatoms. The lowest BCUT2D eigenvalue weighted by Gasteiger charge is -2.33. The van der Waals surface area contributed by atoms with E-state index in [1.54, 1.807) is 7.11 Å². The van der Waals surface area contributed by atoms with Crippen molar-refractivity contribution in [1.82, 2.24) is 14.9 Å². The SMILES string of the molecule is COc1ccccc1NC(=O)[C@@H]1Sc2nnc(-c3ccccc3)n2N[C@H]1c1ccc(C)cc1. The first kappa shape index (κ1) is 21.1. The van der Waals surface area contributed by atoms with Crippen LogP contribution in [0.4, 0.5) is 5.69 Å². The van der Waals surface area contributed by atoms with Crippen LogP contribution in [-0.4, -0.2) is 33.1 Å². The first-order valence-electron chi connectivity index (χ1n) is 10.6. The molecule has 0 unspecified atom stereocenters. The molecule has 0 saturated heterocycles. The van der Waals surface area contributed by atoms with Crippen LogP contribution in [0.3, 0.4) is 0 Å². The van der Waals surface area contributed by atoms with E-state index in [0.717, 1.165) is 16.7 Å². The smallest absolute Gasteiger partial charge is 0.240 e. The molecule has 166 valence electrons. The Morgan fingerprint density at radius 1 is 1.00 bits per heavy atom. The standard InChI is InChI=1S/C25H23N5O2S/c1-16-12-14-17(15-13-16)21-22(24(31)26-19-10-6-7-11-20(19)32-2)33-25-28-27-23(30(25)29-21)18-8-4-3-5-9-18/h3-15,21-22,29H,1-2H3,(H,26,31)/t21-,22+/m0/s1. The van der Waals surface area contributed by atoms with Crippen molar-refractivity contribution in [1.29, 1.82) is 0 Å². The number of para-hydroxylation sites is 2. The van der Waals surface area contributed by atoms with Crippen LogP contribution >= 0.6 is 11.8 Å². The van der Waals surface area contributed by atoms with E-state index < -0.39 is 5.25 Å². The molecule has 4 aromatic rings. The summed E-state index contributed by atoms with van der Waals surface area (Å²) in [6.45, 7) is 2.05. The van der Waals surface area contributed by atoms with Gasteiger partial charge in [0, 0.05) is 5.56 Å². The molecule has 33 heavy (non-hydrogen) atoms. The maximum absolute atomic E-state index is 13.5. The van der Waals surface area contributed by atoms with Crippen LogP contribution in [0.25, 0.3) is 11.4 Å². The van der Waals surface area contributed by atoms with E-state index in [2.05, 4.69) is 45.2 Å². The third-order valence-electron chi connectivity index (χ3n) is 5.53. The van der Waals surface area contributed by atoms with Crippen LogP contribution in [-0.2, 0) is 4.79 Å². The third-order valence-corrected chi connectivity index (χ3v) is 6.74. The molecular formula is C25H23N5O2S. The molecule has 1 aromatic heterocycles. The maximum atomic E-state index is 13.5. The van der Waals surface area contributed by atoms with Gasteiger partial charge in [-0.3, -0.25) is 4.79 Å². The van der Waals surface area contributed by atoms with Crippen molar-refractivity contribution >= 4 is 23.4 Å². The van der Waals surface area contributed by atoms with Gasteiger partial charge in [0.1, 0.15) is 11.0 Å². The number of rotatable bonds is 5. The van der Waals surface area contributed by atoms with E-state index >= 15 is 0 Å². The lowest BCUT2D eigenvalue weighted by molar-refractivity contribution is -0.116. The Balaban J connectivity index is 1.52. The fourth-order valence-corrected chi connectivity index (χ4v) is 4.88. The zero-order chi connectivity index (χ0) is 22.8. The minimum Gasteiger partial charge on any atom is -0.495 e. The van der Waals surface area contributed by atoms with Gasteiger partial charge in [0.05, 0.1) is 18.8 Å². The number of carbonyl (C=O) groups excluding carboxylic acids is 1. The minimum absolute atomic E-state index is 0.141. The predicted octanol–water partition coefficient (Wildman–Crippen LogP) is 4.66. The van der Waals surface area contributed by atoms with Crippen LogP contribution in [0.5, 0.6) is 5.75 Å². The number of aromatic nitrogens is 3. The molecule has 2 atom stereocenters. The number of nitrogens with zero attached hydrogens (tertiary/aromatic N) is 3. The van der Waals surface area contributed by atoms with E-state index in [-0.39, 0.29) is 11.9 Å². The Morgan fingerprint density at radius 3 is 2.48 bits per heavy atom. The highest BCUT2D eigenvalue weighted by molar-refractivity contribution is 8.00. The van der Waals surface area contributed by atoms with Crippen molar-refractivity contribution in [3.8, 4) is 17.1 Å². The minimum atomic E-state index is -0.474. The molecule has 0 spiro atoms. The summed E-state index contributed by atoms with van der Waals surface area (Å²) in [4.78, 5) is 13.5. The van der Waals surface area contributed by atoms with Gasteiger partial charge in [-0.1, -0.05) is 84.1 Å². The molecule has 1 amide bonds. The maximum Gasteiger partial charge on any atom is 0.240 e. The Kier molecular flexibility index (Phi) is 5.75. The fourth-order valence-electron chi connectivity index (χ4n) is 3.81. The van der Waals surface area contributed by atoms with Gasteiger partial charge in [0.2, 0.25) is 11.1 Å². The van der Waals surface area contributed by atoms with Gasteiger partial charge in [-0.25, -0.2) is 4.68 Å². The highest BCUT2D eigenvalue weighted by atomic mass is 32.2. The number of thioether (sulfide) groups is 1. The van der Waals surface area contributed by atoms with Crippen LogP contribution in [0, 0.1) is 6.92 Å². The molecule has 1 aliphatic rings. The van der Waals surface area contributed by atoms with Gasteiger partial charge in [0.25, 0.3) is 0 Å². The lowest BCUT2D eigenvalue weighted by Crippen LogP contribution is -2.41. The first-order chi connectivity index (χ1) is 16.1. The average molecular weight is 458 g/mol. The van der Waals surface area contributed by atoms with E-state index in [0.29, 0.717) is 22.4 Å². The molecule has 3 aromatic carbocycles.